The van der Waals surface area contributed by atoms with Crippen molar-refractivity contribution in [1.82, 2.24) is 19.9 Å². The molecule has 9 nitrogen and oxygen atoms in total. The summed E-state index contributed by atoms with van der Waals surface area (Å²) in [6, 6.07) is 6.34. The van der Waals surface area contributed by atoms with Gasteiger partial charge < -0.3 is 20.7 Å². The molecule has 1 atom stereocenters. The van der Waals surface area contributed by atoms with E-state index in [-0.39, 0.29) is 36.1 Å². The summed E-state index contributed by atoms with van der Waals surface area (Å²) in [5.74, 6) is -0.0528. The highest BCUT2D eigenvalue weighted by Gasteiger charge is 2.25. The zero-order valence-corrected chi connectivity index (χ0v) is 17.4. The molecule has 4 rings (SSSR count). The second kappa shape index (κ2) is 7.75. The summed E-state index contributed by atoms with van der Waals surface area (Å²) in [4.78, 5) is 19.4. The fourth-order valence-electron chi connectivity index (χ4n) is 3.58. The van der Waals surface area contributed by atoms with Crippen LogP contribution in [0.3, 0.4) is 0 Å². The Bertz CT molecular complexity index is 1210. The summed E-state index contributed by atoms with van der Waals surface area (Å²) < 4.78 is 21.9. The summed E-state index contributed by atoms with van der Waals surface area (Å²) in [6.07, 6.45) is 1.22. The Balaban J connectivity index is 1.95. The van der Waals surface area contributed by atoms with E-state index in [0.29, 0.717) is 22.8 Å². The molecule has 10 heteroatoms. The number of amides is 1. The van der Waals surface area contributed by atoms with Crippen molar-refractivity contribution in [3.8, 4) is 11.8 Å². The van der Waals surface area contributed by atoms with E-state index in [1.54, 1.807) is 19.2 Å². The monoisotopic (exact) mass is 423 g/mol. The number of nitrogens with one attached hydrogen (secondary N) is 1. The van der Waals surface area contributed by atoms with Crippen LogP contribution in [0.2, 0.25) is 0 Å². The van der Waals surface area contributed by atoms with E-state index in [4.69, 9.17) is 10.5 Å². The SMILES string of the molecule is CC(C)N1Cc2c(ccc(F)c2C#N)O[C@@H](C)CNC(=O)c2c(N)nn3ccc1nc23. The molecule has 1 aliphatic rings. The largest absolute Gasteiger partial charge is 0.488 e. The van der Waals surface area contributed by atoms with Crippen molar-refractivity contribution in [2.24, 2.45) is 0 Å². The third kappa shape index (κ3) is 3.59. The quantitative estimate of drug-likeness (QED) is 0.616. The lowest BCUT2D eigenvalue weighted by atomic mass is 10.0. The van der Waals surface area contributed by atoms with Crippen LogP contribution in [0.1, 0.15) is 42.3 Å². The van der Waals surface area contributed by atoms with E-state index in [1.807, 2.05) is 24.8 Å². The van der Waals surface area contributed by atoms with E-state index in [9.17, 15) is 14.4 Å². The number of anilines is 2. The number of carbonyl (C=O) groups is 1. The second-order valence-electron chi connectivity index (χ2n) is 7.69. The van der Waals surface area contributed by atoms with Gasteiger partial charge in [-0.1, -0.05) is 0 Å². The average Bonchev–Trinajstić information content (AvgIpc) is 3.06. The Hall–Kier alpha value is -3.87. The summed E-state index contributed by atoms with van der Waals surface area (Å²) >= 11 is 0. The number of carbonyl (C=O) groups excluding carboxylic acids is 1. The third-order valence-electron chi connectivity index (χ3n) is 5.18. The van der Waals surface area contributed by atoms with Crippen LogP contribution in [0.4, 0.5) is 16.0 Å². The molecular weight excluding hydrogens is 401 g/mol. The maximum Gasteiger partial charge on any atom is 0.259 e. The normalized spacial score (nSPS) is 16.7. The smallest absolute Gasteiger partial charge is 0.259 e. The number of nitrogen functional groups attached to an aromatic ring is 1. The lowest BCUT2D eigenvalue weighted by molar-refractivity contribution is 0.0934. The first-order valence-electron chi connectivity index (χ1n) is 9.88. The molecule has 2 bridgehead atoms. The summed E-state index contributed by atoms with van der Waals surface area (Å²) in [7, 11) is 0. The van der Waals surface area contributed by atoms with Crippen LogP contribution in [0, 0.1) is 17.1 Å². The molecule has 0 unspecified atom stereocenters. The van der Waals surface area contributed by atoms with Crippen molar-refractivity contribution in [3.05, 3.63) is 46.9 Å². The number of rotatable bonds is 1. The number of nitrogens with zero attached hydrogens (tertiary/aromatic N) is 5. The van der Waals surface area contributed by atoms with Gasteiger partial charge in [-0.3, -0.25) is 4.79 Å². The minimum Gasteiger partial charge on any atom is -0.488 e. The van der Waals surface area contributed by atoms with Crippen molar-refractivity contribution in [2.45, 2.75) is 39.5 Å². The van der Waals surface area contributed by atoms with E-state index >= 15 is 0 Å². The second-order valence-corrected chi connectivity index (χ2v) is 7.69. The fourth-order valence-corrected chi connectivity index (χ4v) is 3.58. The van der Waals surface area contributed by atoms with E-state index in [0.717, 1.165) is 0 Å². The zero-order valence-electron chi connectivity index (χ0n) is 17.4. The number of hydrogen-bond donors (Lipinski definition) is 2. The Labute approximate surface area is 178 Å². The highest BCUT2D eigenvalue weighted by atomic mass is 19.1. The maximum atomic E-state index is 14.4. The number of halogens is 1. The van der Waals surface area contributed by atoms with Gasteiger partial charge in [-0.2, -0.15) is 5.26 Å². The van der Waals surface area contributed by atoms with Gasteiger partial charge in [-0.15, -0.1) is 5.10 Å². The summed E-state index contributed by atoms with van der Waals surface area (Å²) in [5, 5.41) is 16.6. The van der Waals surface area contributed by atoms with Gasteiger partial charge in [0, 0.05) is 24.3 Å². The summed E-state index contributed by atoms with van der Waals surface area (Å²) in [6.45, 7) is 6.04. The van der Waals surface area contributed by atoms with Gasteiger partial charge in [0.15, 0.2) is 11.5 Å². The molecule has 160 valence electrons. The molecule has 0 spiro atoms. The van der Waals surface area contributed by atoms with Gasteiger partial charge in [-0.25, -0.2) is 13.9 Å². The van der Waals surface area contributed by atoms with Crippen LogP contribution < -0.4 is 20.7 Å². The number of hydrogen-bond acceptors (Lipinski definition) is 7. The standard InChI is InChI=1S/C21H22FN7O2/c1-11(2)28-10-14-13(8-23)15(22)4-5-16(14)31-12(3)9-25-21(30)18-19(24)27-29-7-6-17(28)26-20(18)29/h4-7,11-12H,9-10H2,1-3H3,(H2,24,27)(H,25,30)/t12-/m0/s1. The molecule has 0 saturated carbocycles. The van der Waals surface area contributed by atoms with E-state index in [1.165, 1.54) is 16.6 Å². The van der Waals surface area contributed by atoms with Gasteiger partial charge in [0.05, 0.1) is 12.1 Å². The molecule has 31 heavy (non-hydrogen) atoms. The fraction of sp³-hybridized carbons (Fsp3) is 0.333. The van der Waals surface area contributed by atoms with Gasteiger partial charge >= 0.3 is 0 Å². The van der Waals surface area contributed by atoms with Gasteiger partial charge in [0.1, 0.15) is 35.1 Å². The Morgan fingerprint density at radius 2 is 2.16 bits per heavy atom. The first kappa shape index (κ1) is 20.4. The first-order valence-corrected chi connectivity index (χ1v) is 9.88. The lowest BCUT2D eigenvalue weighted by Crippen LogP contribution is -2.34. The predicted octanol–water partition coefficient (Wildman–Crippen LogP) is 2.25. The Morgan fingerprint density at radius 1 is 1.39 bits per heavy atom. The minimum absolute atomic E-state index is 0.0577. The molecule has 0 aliphatic carbocycles. The number of benzene rings is 1. The molecule has 2 aromatic heterocycles. The third-order valence-corrected chi connectivity index (χ3v) is 5.18. The number of nitriles is 1. The number of ether oxygens (including phenoxy) is 1. The molecule has 1 aromatic carbocycles. The van der Waals surface area contributed by atoms with Gasteiger partial charge in [0.25, 0.3) is 5.91 Å². The highest BCUT2D eigenvalue weighted by Crippen LogP contribution is 2.30. The van der Waals surface area contributed by atoms with Gasteiger partial charge in [0.2, 0.25) is 0 Å². The molecular formula is C21H22FN7O2. The van der Waals surface area contributed by atoms with Crippen molar-refractivity contribution < 1.29 is 13.9 Å². The molecule has 0 radical (unpaired) electrons. The molecule has 1 amide bonds. The topological polar surface area (TPSA) is 122 Å². The van der Waals surface area contributed by atoms with Crippen LogP contribution >= 0.6 is 0 Å². The first-order chi connectivity index (χ1) is 14.8. The lowest BCUT2D eigenvalue weighted by Gasteiger charge is -2.29. The van der Waals surface area contributed by atoms with Crippen LogP contribution in [-0.4, -0.2) is 39.2 Å². The van der Waals surface area contributed by atoms with Crippen LogP contribution in [0.15, 0.2) is 24.4 Å². The van der Waals surface area contributed by atoms with Crippen LogP contribution in [-0.2, 0) is 6.54 Å². The van der Waals surface area contributed by atoms with Crippen molar-refractivity contribution in [3.63, 3.8) is 0 Å². The number of aromatic nitrogens is 3. The van der Waals surface area contributed by atoms with Crippen LogP contribution in [0.25, 0.3) is 5.65 Å². The predicted molar refractivity (Wildman–Crippen MR) is 112 cm³/mol. The van der Waals surface area contributed by atoms with Crippen molar-refractivity contribution >= 4 is 23.2 Å². The van der Waals surface area contributed by atoms with Crippen molar-refractivity contribution in [1.29, 1.82) is 5.26 Å². The molecule has 0 saturated heterocycles. The summed E-state index contributed by atoms with van der Waals surface area (Å²) in [5.41, 5.74) is 6.82. The molecule has 3 N–H and O–H groups in total. The van der Waals surface area contributed by atoms with E-state index in [2.05, 4.69) is 15.4 Å². The zero-order chi connectivity index (χ0) is 22.3. The number of nitrogens with two attached hydrogens (primary N) is 1. The Morgan fingerprint density at radius 3 is 2.87 bits per heavy atom. The minimum atomic E-state index is -0.618. The maximum absolute atomic E-state index is 14.4. The molecule has 1 aliphatic heterocycles. The number of fused-ring (bicyclic) bond motifs is 2. The van der Waals surface area contributed by atoms with E-state index < -0.39 is 17.8 Å². The molecule has 3 aromatic rings. The molecule has 3 heterocycles. The molecule has 0 fully saturated rings. The van der Waals surface area contributed by atoms with Crippen molar-refractivity contribution in [2.75, 3.05) is 17.2 Å². The average molecular weight is 423 g/mol. The van der Waals surface area contributed by atoms with Crippen LogP contribution in [0.5, 0.6) is 5.75 Å². The van der Waals surface area contributed by atoms with Gasteiger partial charge in [-0.05, 0) is 39.0 Å². The Kier molecular flexibility index (Phi) is 5.10. The highest BCUT2D eigenvalue weighted by molar-refractivity contribution is 6.04.